The van der Waals surface area contributed by atoms with Crippen LogP contribution in [0.1, 0.15) is 16.7 Å². The molecule has 0 saturated heterocycles. The molecule has 2 aromatic rings. The summed E-state index contributed by atoms with van der Waals surface area (Å²) in [6, 6.07) is 7.69. The Hall–Kier alpha value is -1.86. The van der Waals surface area contributed by atoms with Crippen molar-refractivity contribution in [2.45, 2.75) is 30.6 Å². The van der Waals surface area contributed by atoms with Crippen LogP contribution in [0.2, 0.25) is 0 Å². The van der Waals surface area contributed by atoms with E-state index in [2.05, 4.69) is 0 Å². The van der Waals surface area contributed by atoms with Crippen molar-refractivity contribution in [1.29, 1.82) is 0 Å². The lowest BCUT2D eigenvalue weighted by molar-refractivity contribution is 0.462. The van der Waals surface area contributed by atoms with Crippen molar-refractivity contribution < 1.29 is 21.6 Å². The summed E-state index contributed by atoms with van der Waals surface area (Å²) in [6.07, 6.45) is 2.05. The van der Waals surface area contributed by atoms with Crippen LogP contribution in [0, 0.1) is 20.8 Å². The van der Waals surface area contributed by atoms with E-state index in [1.807, 2.05) is 32.9 Å². The Labute approximate surface area is 143 Å². The van der Waals surface area contributed by atoms with Gasteiger partial charge >= 0.3 is 0 Å². The molecule has 0 aromatic heterocycles. The van der Waals surface area contributed by atoms with Gasteiger partial charge < -0.3 is 4.74 Å². The van der Waals surface area contributed by atoms with Gasteiger partial charge in [0.1, 0.15) is 16.4 Å². The van der Waals surface area contributed by atoms with Crippen molar-refractivity contribution in [3.8, 4) is 11.5 Å². The zero-order chi connectivity index (χ0) is 18.3. The van der Waals surface area contributed by atoms with Crippen LogP contribution >= 0.6 is 0 Å². The molecule has 0 amide bonds. The Morgan fingerprint density at radius 2 is 1.42 bits per heavy atom. The summed E-state index contributed by atoms with van der Waals surface area (Å²) in [5, 5.41) is 0. The van der Waals surface area contributed by atoms with Crippen LogP contribution in [0.25, 0.3) is 0 Å². The zero-order valence-corrected chi connectivity index (χ0v) is 15.9. The SMILES string of the molecule is Cc1cc(C)c(C)c(Oc2ccc(S(C)(=O)=O)cc2S(C)(=O)=O)c1. The molecule has 0 aliphatic rings. The average molecular weight is 368 g/mol. The second-order valence-electron chi connectivity index (χ2n) is 5.96. The fourth-order valence-corrected chi connectivity index (χ4v) is 3.86. The Morgan fingerprint density at radius 3 is 1.96 bits per heavy atom. The number of rotatable bonds is 4. The van der Waals surface area contributed by atoms with Crippen LogP contribution in [-0.2, 0) is 19.7 Å². The van der Waals surface area contributed by atoms with E-state index < -0.39 is 19.7 Å². The smallest absolute Gasteiger partial charge is 0.179 e. The maximum atomic E-state index is 12.1. The number of hydrogen-bond donors (Lipinski definition) is 0. The van der Waals surface area contributed by atoms with E-state index in [0.29, 0.717) is 5.75 Å². The summed E-state index contributed by atoms with van der Waals surface area (Å²) < 4.78 is 53.3. The fraction of sp³-hybridized carbons (Fsp3) is 0.294. The largest absolute Gasteiger partial charge is 0.456 e. The number of aryl methyl sites for hydroxylation is 2. The first kappa shape index (κ1) is 18.5. The first-order valence-electron chi connectivity index (χ1n) is 7.19. The molecule has 0 N–H and O–H groups in total. The molecule has 2 rings (SSSR count). The van der Waals surface area contributed by atoms with Crippen molar-refractivity contribution in [3.05, 3.63) is 47.0 Å². The van der Waals surface area contributed by atoms with Crippen LogP contribution in [0.5, 0.6) is 11.5 Å². The Morgan fingerprint density at radius 1 is 0.792 bits per heavy atom. The number of hydrogen-bond acceptors (Lipinski definition) is 5. The molecule has 0 aliphatic carbocycles. The van der Waals surface area contributed by atoms with Gasteiger partial charge in [0, 0.05) is 12.5 Å². The quantitative estimate of drug-likeness (QED) is 0.828. The monoisotopic (exact) mass is 368 g/mol. The van der Waals surface area contributed by atoms with Gasteiger partial charge in [0.2, 0.25) is 0 Å². The van der Waals surface area contributed by atoms with Gasteiger partial charge in [0.15, 0.2) is 19.7 Å². The van der Waals surface area contributed by atoms with Gasteiger partial charge in [-0.1, -0.05) is 6.07 Å². The van der Waals surface area contributed by atoms with Gasteiger partial charge in [0.25, 0.3) is 0 Å². The topological polar surface area (TPSA) is 77.5 Å². The lowest BCUT2D eigenvalue weighted by atomic mass is 10.1. The molecule has 2 aromatic carbocycles. The molecule has 0 atom stereocenters. The van der Waals surface area contributed by atoms with Crippen LogP contribution in [0.15, 0.2) is 40.1 Å². The third-order valence-corrected chi connectivity index (χ3v) is 5.95. The zero-order valence-electron chi connectivity index (χ0n) is 14.2. The Kier molecular flexibility index (Phi) is 4.79. The minimum Gasteiger partial charge on any atom is -0.456 e. The highest BCUT2D eigenvalue weighted by Crippen LogP contribution is 2.34. The highest BCUT2D eigenvalue weighted by Gasteiger charge is 2.20. The molecule has 24 heavy (non-hydrogen) atoms. The van der Waals surface area contributed by atoms with Gasteiger partial charge in [-0.3, -0.25) is 0 Å². The van der Waals surface area contributed by atoms with Gasteiger partial charge in [0.05, 0.1) is 4.90 Å². The van der Waals surface area contributed by atoms with Crippen LogP contribution in [0.3, 0.4) is 0 Å². The summed E-state index contributed by atoms with van der Waals surface area (Å²) >= 11 is 0. The molecule has 0 fully saturated rings. The van der Waals surface area contributed by atoms with Crippen molar-refractivity contribution in [1.82, 2.24) is 0 Å². The van der Waals surface area contributed by atoms with E-state index in [9.17, 15) is 16.8 Å². The lowest BCUT2D eigenvalue weighted by Gasteiger charge is -2.15. The molecule has 0 bridgehead atoms. The minimum absolute atomic E-state index is 0.0626. The van der Waals surface area contributed by atoms with Crippen LogP contribution < -0.4 is 4.74 Å². The minimum atomic E-state index is -3.66. The molecule has 0 spiro atoms. The lowest BCUT2D eigenvalue weighted by Crippen LogP contribution is -2.05. The molecule has 130 valence electrons. The maximum Gasteiger partial charge on any atom is 0.179 e. The van der Waals surface area contributed by atoms with E-state index in [-0.39, 0.29) is 15.5 Å². The molecule has 0 saturated carbocycles. The fourth-order valence-electron chi connectivity index (χ4n) is 2.32. The van der Waals surface area contributed by atoms with Crippen molar-refractivity contribution >= 4 is 19.7 Å². The van der Waals surface area contributed by atoms with Gasteiger partial charge in [-0.2, -0.15) is 0 Å². The normalized spacial score (nSPS) is 12.2. The molecule has 0 aliphatic heterocycles. The number of ether oxygens (including phenoxy) is 1. The first-order chi connectivity index (χ1) is 10.9. The molecule has 0 unspecified atom stereocenters. The molecular formula is C17H20O5S2. The Bertz CT molecular complexity index is 1000. The Balaban J connectivity index is 2.64. The third kappa shape index (κ3) is 3.96. The van der Waals surface area contributed by atoms with Crippen LogP contribution in [-0.4, -0.2) is 29.3 Å². The molecule has 0 heterocycles. The van der Waals surface area contributed by atoms with E-state index >= 15 is 0 Å². The number of benzene rings is 2. The molecular weight excluding hydrogens is 348 g/mol. The van der Waals surface area contributed by atoms with Gasteiger partial charge in [-0.05, 0) is 61.7 Å². The van der Waals surface area contributed by atoms with Gasteiger partial charge in [-0.25, -0.2) is 16.8 Å². The number of sulfone groups is 2. The summed E-state index contributed by atoms with van der Waals surface area (Å²) in [5.74, 6) is 0.655. The van der Waals surface area contributed by atoms with Gasteiger partial charge in [-0.15, -0.1) is 0 Å². The summed E-state index contributed by atoms with van der Waals surface area (Å²) in [6.45, 7) is 5.75. The van der Waals surface area contributed by atoms with E-state index in [1.54, 1.807) is 0 Å². The second kappa shape index (κ2) is 6.22. The summed E-state index contributed by atoms with van der Waals surface area (Å²) in [5.41, 5.74) is 2.91. The van der Waals surface area contributed by atoms with Crippen LogP contribution in [0.4, 0.5) is 0 Å². The first-order valence-corrected chi connectivity index (χ1v) is 11.0. The average Bonchev–Trinajstić information content (AvgIpc) is 2.42. The van der Waals surface area contributed by atoms with Crippen molar-refractivity contribution in [3.63, 3.8) is 0 Å². The van der Waals surface area contributed by atoms with E-state index in [1.165, 1.54) is 12.1 Å². The second-order valence-corrected chi connectivity index (χ2v) is 9.96. The highest BCUT2D eigenvalue weighted by molar-refractivity contribution is 7.91. The third-order valence-electron chi connectivity index (χ3n) is 3.73. The van der Waals surface area contributed by atoms with E-state index in [0.717, 1.165) is 35.3 Å². The summed E-state index contributed by atoms with van der Waals surface area (Å²) in [7, 11) is -7.18. The van der Waals surface area contributed by atoms with Crippen molar-refractivity contribution in [2.24, 2.45) is 0 Å². The summed E-state index contributed by atoms with van der Waals surface area (Å²) in [4.78, 5) is -0.212. The highest BCUT2D eigenvalue weighted by atomic mass is 32.2. The van der Waals surface area contributed by atoms with E-state index in [4.69, 9.17) is 4.74 Å². The predicted octanol–water partition coefficient (Wildman–Crippen LogP) is 3.21. The molecule has 5 nitrogen and oxygen atoms in total. The molecule has 0 radical (unpaired) electrons. The maximum absolute atomic E-state index is 12.1. The molecule has 7 heteroatoms. The standard InChI is InChI=1S/C17H20O5S2/c1-11-8-12(2)13(3)16(9-11)22-15-7-6-14(23(4,18)19)10-17(15)24(5,20)21/h6-10H,1-5H3. The van der Waals surface area contributed by atoms with Crippen molar-refractivity contribution in [2.75, 3.05) is 12.5 Å². The predicted molar refractivity (Wildman–Crippen MR) is 93.4 cm³/mol.